The Morgan fingerprint density at radius 2 is 1.76 bits per heavy atom. The van der Waals surface area contributed by atoms with Gasteiger partial charge < -0.3 is 4.74 Å². The van der Waals surface area contributed by atoms with E-state index in [1.807, 2.05) is 51.5 Å². The smallest absolute Gasteiger partial charge is 0.278 e. The second-order valence-corrected chi connectivity index (χ2v) is 20.5. The van der Waals surface area contributed by atoms with Gasteiger partial charge in [0.1, 0.15) is 27.6 Å². The van der Waals surface area contributed by atoms with E-state index in [0.717, 1.165) is 43.4 Å². The van der Waals surface area contributed by atoms with Crippen molar-refractivity contribution in [2.24, 2.45) is 0 Å². The summed E-state index contributed by atoms with van der Waals surface area (Å²) in [5, 5.41) is 0.902. The van der Waals surface area contributed by atoms with Crippen LogP contribution in [0.1, 0.15) is 86.7 Å². The first kappa shape index (κ1) is 31.9. The maximum absolute atomic E-state index is 15.9. The molecule has 0 radical (unpaired) electrons. The van der Waals surface area contributed by atoms with E-state index in [9.17, 15) is 9.00 Å². The number of carbonyl (C=O) groups is 1. The lowest BCUT2D eigenvalue weighted by Gasteiger charge is -2.52. The molecular weight excluding hydrogens is 616 g/mol. The van der Waals surface area contributed by atoms with E-state index in [0.29, 0.717) is 41.7 Å². The number of likely N-dealkylation sites (tertiary alicyclic amines) is 1. The Labute approximate surface area is 261 Å². The van der Waals surface area contributed by atoms with Crippen LogP contribution in [0, 0.1) is 10.6 Å². The predicted molar refractivity (Wildman–Crippen MR) is 173 cm³/mol. The SMILES string of the molecule is CC(C)(C)S(C)(C)N(C(=O)c1cc(C2CC2)c(O[C@@H]2CCCN(Cc3c(Cl)cccc3Cl)C2)cc1F)S(=N)(=O)C1CC1. The first-order valence-corrected chi connectivity index (χ1v) is 19.4. The largest absolute Gasteiger partial charge is 0.489 e. The van der Waals surface area contributed by atoms with E-state index in [1.54, 1.807) is 6.07 Å². The van der Waals surface area contributed by atoms with Gasteiger partial charge >= 0.3 is 0 Å². The number of nitrogens with one attached hydrogen (secondary N) is 1. The highest BCUT2D eigenvalue weighted by Crippen LogP contribution is 2.59. The molecule has 2 aromatic carbocycles. The fourth-order valence-electron chi connectivity index (χ4n) is 5.37. The molecule has 0 spiro atoms. The van der Waals surface area contributed by atoms with E-state index in [2.05, 4.69) is 4.90 Å². The molecule has 2 atom stereocenters. The number of hydrogen-bond donors (Lipinski definition) is 1. The molecule has 1 N–H and O–H groups in total. The second kappa shape index (κ2) is 11.8. The molecule has 6 nitrogen and oxygen atoms in total. The van der Waals surface area contributed by atoms with Crippen molar-refractivity contribution in [2.75, 3.05) is 25.6 Å². The third kappa shape index (κ3) is 6.46. The zero-order valence-electron chi connectivity index (χ0n) is 25.1. The average molecular weight is 659 g/mol. The molecule has 3 fully saturated rings. The normalized spacial score (nSPS) is 22.0. The van der Waals surface area contributed by atoms with Gasteiger partial charge in [0, 0.05) is 39.5 Å². The number of nitrogens with zero attached hydrogens (tertiary/aromatic N) is 2. The monoisotopic (exact) mass is 657 g/mol. The molecule has 1 amide bonds. The van der Waals surface area contributed by atoms with Crippen molar-refractivity contribution in [3.05, 3.63) is 62.9 Å². The summed E-state index contributed by atoms with van der Waals surface area (Å²) in [6, 6.07) is 8.46. The molecular formula is C31H42Cl2FN3O3S2. The lowest BCUT2D eigenvalue weighted by atomic mass is 10.0. The zero-order valence-corrected chi connectivity index (χ0v) is 28.2. The highest BCUT2D eigenvalue weighted by Gasteiger charge is 2.48. The van der Waals surface area contributed by atoms with Crippen molar-refractivity contribution in [1.82, 2.24) is 8.61 Å². The van der Waals surface area contributed by atoms with Gasteiger partial charge in [-0.15, -0.1) is 0 Å². The van der Waals surface area contributed by atoms with Gasteiger partial charge in [-0.25, -0.2) is 17.1 Å². The van der Waals surface area contributed by atoms with Crippen molar-refractivity contribution in [3.8, 4) is 5.75 Å². The molecule has 232 valence electrons. The average Bonchev–Trinajstić information content (AvgIpc) is 3.79. The third-order valence-corrected chi connectivity index (χ3v) is 17.4. The third-order valence-electron chi connectivity index (χ3n) is 8.85. The summed E-state index contributed by atoms with van der Waals surface area (Å²) in [5.41, 5.74) is 1.59. The number of amides is 1. The Hall–Kier alpha value is -1.52. The Bertz CT molecular complexity index is 1450. The molecule has 0 aromatic heterocycles. The van der Waals surface area contributed by atoms with Crippen LogP contribution in [0.5, 0.6) is 5.75 Å². The minimum Gasteiger partial charge on any atom is -0.489 e. The molecule has 1 aliphatic heterocycles. The number of ether oxygens (including phenoxy) is 1. The molecule has 1 saturated heterocycles. The minimum absolute atomic E-state index is 0.117. The van der Waals surface area contributed by atoms with Gasteiger partial charge in [-0.1, -0.05) is 50.0 Å². The highest BCUT2D eigenvalue weighted by atomic mass is 35.5. The van der Waals surface area contributed by atoms with Crippen LogP contribution in [-0.2, 0) is 16.5 Å². The summed E-state index contributed by atoms with van der Waals surface area (Å²) < 4.78 is 45.9. The lowest BCUT2D eigenvalue weighted by Crippen LogP contribution is -2.46. The summed E-state index contributed by atoms with van der Waals surface area (Å²) in [5.74, 6) is -0.691. The molecule has 42 heavy (non-hydrogen) atoms. The van der Waals surface area contributed by atoms with E-state index in [4.69, 9.17) is 32.7 Å². The topological polar surface area (TPSA) is 73.7 Å². The van der Waals surface area contributed by atoms with Crippen molar-refractivity contribution in [2.45, 2.75) is 87.9 Å². The Balaban J connectivity index is 1.42. The fourth-order valence-corrected chi connectivity index (χ4v) is 11.5. The minimum atomic E-state index is -3.42. The molecule has 1 unspecified atom stereocenters. The number of benzene rings is 2. The van der Waals surface area contributed by atoms with E-state index in [-0.39, 0.29) is 22.8 Å². The second-order valence-electron chi connectivity index (χ2n) is 13.2. The summed E-state index contributed by atoms with van der Waals surface area (Å²) >= 11 is 12.8. The molecule has 3 aliphatic rings. The fraction of sp³-hybridized carbons (Fsp3) is 0.581. The Morgan fingerprint density at radius 1 is 1.12 bits per heavy atom. The van der Waals surface area contributed by atoms with Gasteiger partial charge in [-0.05, 0) is 87.3 Å². The summed E-state index contributed by atoms with van der Waals surface area (Å²) in [7, 11) is -5.48. The number of hydrogen-bond acceptors (Lipinski definition) is 5. The Morgan fingerprint density at radius 3 is 2.33 bits per heavy atom. The van der Waals surface area contributed by atoms with Gasteiger partial charge in [0.15, 0.2) is 0 Å². The van der Waals surface area contributed by atoms with Gasteiger partial charge in [-0.2, -0.15) is 10.2 Å². The van der Waals surface area contributed by atoms with Crippen LogP contribution in [0.15, 0.2) is 30.3 Å². The first-order valence-electron chi connectivity index (χ1n) is 14.6. The zero-order chi connectivity index (χ0) is 30.6. The van der Waals surface area contributed by atoms with Crippen molar-refractivity contribution >= 4 is 49.2 Å². The molecule has 5 rings (SSSR count). The van der Waals surface area contributed by atoms with E-state index >= 15 is 4.39 Å². The maximum Gasteiger partial charge on any atom is 0.278 e. The van der Waals surface area contributed by atoms with Crippen LogP contribution >= 0.6 is 33.4 Å². The van der Waals surface area contributed by atoms with Gasteiger partial charge in [0.25, 0.3) is 5.91 Å². The van der Waals surface area contributed by atoms with Crippen molar-refractivity contribution in [1.29, 1.82) is 4.78 Å². The van der Waals surface area contributed by atoms with Crippen LogP contribution in [0.25, 0.3) is 0 Å². The van der Waals surface area contributed by atoms with Crippen LogP contribution in [0.2, 0.25) is 10.0 Å². The number of piperidine rings is 1. The predicted octanol–water partition coefficient (Wildman–Crippen LogP) is 8.40. The quantitative estimate of drug-likeness (QED) is 0.294. The molecule has 11 heteroatoms. The standard InChI is InChI=1S/C31H42Cl2FN3O3S2/c1-31(2,3)41(4,5)37(42(35,39)22-13-14-22)30(38)24-16-23(20-11-12-20)29(17-28(24)34)40-21-8-7-15-36(18-21)19-25-26(32)9-6-10-27(25)33/h6,9-10,16-17,20-22,35H,7-8,11-15,18-19H2,1-5H3/t21-,42?/m1/s1. The molecule has 0 bridgehead atoms. The van der Waals surface area contributed by atoms with Crippen molar-refractivity contribution < 1.29 is 18.1 Å². The van der Waals surface area contributed by atoms with Crippen LogP contribution in [0.4, 0.5) is 4.39 Å². The number of halogens is 3. The molecule has 1 heterocycles. The van der Waals surface area contributed by atoms with E-state index < -0.39 is 36.6 Å². The van der Waals surface area contributed by atoms with E-state index in [1.165, 1.54) is 9.78 Å². The molecule has 2 saturated carbocycles. The summed E-state index contributed by atoms with van der Waals surface area (Å²) in [6.07, 6.45) is 8.59. The van der Waals surface area contributed by atoms with Crippen LogP contribution < -0.4 is 4.74 Å². The maximum atomic E-state index is 15.9. The Kier molecular flexibility index (Phi) is 8.94. The number of carbonyl (C=O) groups excluding carboxylic acids is 1. The van der Waals surface area contributed by atoms with Crippen LogP contribution in [-0.4, -0.2) is 60.4 Å². The summed E-state index contributed by atoms with van der Waals surface area (Å²) in [4.78, 5) is 16.4. The van der Waals surface area contributed by atoms with Gasteiger partial charge in [0.05, 0.1) is 10.8 Å². The van der Waals surface area contributed by atoms with Gasteiger partial charge in [0.2, 0.25) is 0 Å². The lowest BCUT2D eigenvalue weighted by molar-refractivity contribution is 0.0832. The molecule has 2 aliphatic carbocycles. The summed E-state index contributed by atoms with van der Waals surface area (Å²) in [6.45, 7) is 8.09. The first-order chi connectivity index (χ1) is 19.6. The number of rotatable bonds is 9. The van der Waals surface area contributed by atoms with Gasteiger partial charge in [-0.3, -0.25) is 9.69 Å². The highest BCUT2D eigenvalue weighted by molar-refractivity contribution is 8.36. The van der Waals surface area contributed by atoms with Crippen molar-refractivity contribution in [3.63, 3.8) is 0 Å². The molecule has 2 aromatic rings. The van der Waals surface area contributed by atoms with Crippen LogP contribution in [0.3, 0.4) is 0 Å².